The maximum atomic E-state index is 12.7. The van der Waals surface area contributed by atoms with E-state index in [4.69, 9.17) is 20.0 Å². The lowest BCUT2D eigenvalue weighted by molar-refractivity contribution is -0.224. The maximum Gasteiger partial charge on any atom is 0.435 e. The average molecular weight is 380 g/mol. The Kier molecular flexibility index (Phi) is 6.80. The zero-order chi connectivity index (χ0) is 20.1. The van der Waals surface area contributed by atoms with Crippen molar-refractivity contribution in [3.05, 3.63) is 35.9 Å². The Morgan fingerprint density at radius 1 is 1.26 bits per heavy atom. The van der Waals surface area contributed by atoms with Crippen molar-refractivity contribution in [3.63, 3.8) is 0 Å². The molecule has 1 aromatic rings. The number of hydrogen-bond acceptors (Lipinski definition) is 6. The van der Waals surface area contributed by atoms with Gasteiger partial charge in [-0.15, -0.1) is 0 Å². The van der Waals surface area contributed by atoms with Gasteiger partial charge in [0.25, 0.3) is 0 Å². The molecule has 0 bridgehead atoms. The molecule has 1 aliphatic heterocycles. The van der Waals surface area contributed by atoms with Gasteiger partial charge >= 0.3 is 6.09 Å². The number of aliphatic hydroxyl groups is 1. The van der Waals surface area contributed by atoms with Crippen LogP contribution in [0.2, 0.25) is 0 Å². The first-order valence-electron chi connectivity index (χ1n) is 8.91. The van der Waals surface area contributed by atoms with E-state index in [1.54, 1.807) is 20.8 Å². The number of nitrogens with zero attached hydrogens (tertiary/aromatic N) is 1. The summed E-state index contributed by atoms with van der Waals surface area (Å²) < 4.78 is 10.6. The zero-order valence-electron chi connectivity index (χ0n) is 16.0. The monoisotopic (exact) mass is 380 g/mol. The summed E-state index contributed by atoms with van der Waals surface area (Å²) in [4.78, 5) is 30.6. The van der Waals surface area contributed by atoms with Crippen molar-refractivity contribution in [3.8, 4) is 0 Å². The Morgan fingerprint density at radius 2 is 1.85 bits per heavy atom. The van der Waals surface area contributed by atoms with Gasteiger partial charge in [-0.3, -0.25) is 9.63 Å². The van der Waals surface area contributed by atoms with Gasteiger partial charge in [-0.2, -0.15) is 5.06 Å². The van der Waals surface area contributed by atoms with Crippen LogP contribution in [0.1, 0.15) is 39.2 Å². The number of nitrogens with two attached hydrogens (primary N) is 1. The SMILES string of the molecule is CC(C)(C)OC(=O)N(OCc1ccccc1)C(C(N)=O)C1(O)CCOCC1. The van der Waals surface area contributed by atoms with Crippen LogP contribution in [-0.4, -0.2) is 52.6 Å². The molecule has 0 spiro atoms. The van der Waals surface area contributed by atoms with Crippen molar-refractivity contribution < 1.29 is 29.0 Å². The third-order valence-corrected chi connectivity index (χ3v) is 4.16. The molecule has 3 N–H and O–H groups in total. The minimum absolute atomic E-state index is 0.0104. The Hall–Kier alpha value is -2.16. The first kappa shape index (κ1) is 21.1. The summed E-state index contributed by atoms with van der Waals surface area (Å²) in [6, 6.07) is 7.74. The van der Waals surface area contributed by atoms with E-state index < -0.39 is 29.2 Å². The number of ether oxygens (including phenoxy) is 2. The summed E-state index contributed by atoms with van der Waals surface area (Å²) in [5, 5.41) is 11.8. The molecule has 1 saturated heterocycles. The summed E-state index contributed by atoms with van der Waals surface area (Å²) in [6.45, 7) is 5.60. The van der Waals surface area contributed by atoms with E-state index in [1.165, 1.54) is 0 Å². The predicted molar refractivity (Wildman–Crippen MR) is 97.3 cm³/mol. The van der Waals surface area contributed by atoms with Crippen LogP contribution in [0, 0.1) is 0 Å². The fourth-order valence-electron chi connectivity index (χ4n) is 2.85. The topological polar surface area (TPSA) is 111 Å². The van der Waals surface area contributed by atoms with Crippen LogP contribution in [-0.2, 0) is 25.7 Å². The standard InChI is InChI=1S/C19H28N2O6/c1-18(2,3)27-17(23)21(26-13-14-7-5-4-6-8-14)15(16(20)22)19(24)9-11-25-12-10-19/h4-8,15,24H,9-13H2,1-3H3,(H2,20,22). The molecule has 150 valence electrons. The Morgan fingerprint density at radius 3 is 2.37 bits per heavy atom. The molecule has 1 aliphatic rings. The predicted octanol–water partition coefficient (Wildman–Crippen LogP) is 1.75. The van der Waals surface area contributed by atoms with Gasteiger partial charge in [0, 0.05) is 26.1 Å². The van der Waals surface area contributed by atoms with Crippen LogP contribution in [0.4, 0.5) is 4.79 Å². The molecule has 8 heteroatoms. The molecule has 1 unspecified atom stereocenters. The van der Waals surface area contributed by atoms with Crippen molar-refractivity contribution in [2.45, 2.75) is 57.5 Å². The smallest absolute Gasteiger partial charge is 0.435 e. The average Bonchev–Trinajstić information content (AvgIpc) is 2.57. The number of amides is 2. The van der Waals surface area contributed by atoms with Gasteiger partial charge in [0.1, 0.15) is 17.8 Å². The van der Waals surface area contributed by atoms with Gasteiger partial charge in [0.15, 0.2) is 6.04 Å². The third-order valence-electron chi connectivity index (χ3n) is 4.16. The highest BCUT2D eigenvalue weighted by molar-refractivity contribution is 5.85. The van der Waals surface area contributed by atoms with Crippen LogP contribution in [0.25, 0.3) is 0 Å². The highest BCUT2D eigenvalue weighted by Crippen LogP contribution is 2.29. The molecular weight excluding hydrogens is 352 g/mol. The van der Waals surface area contributed by atoms with Gasteiger partial charge in [-0.05, 0) is 26.3 Å². The van der Waals surface area contributed by atoms with E-state index in [2.05, 4.69) is 0 Å². The fraction of sp³-hybridized carbons (Fsp3) is 0.579. The first-order valence-corrected chi connectivity index (χ1v) is 8.91. The molecule has 2 amide bonds. The van der Waals surface area contributed by atoms with Crippen molar-refractivity contribution in [2.75, 3.05) is 13.2 Å². The molecule has 1 fully saturated rings. The summed E-state index contributed by atoms with van der Waals surface area (Å²) >= 11 is 0. The van der Waals surface area contributed by atoms with Gasteiger partial charge in [-0.25, -0.2) is 4.79 Å². The van der Waals surface area contributed by atoms with E-state index in [1.807, 2.05) is 30.3 Å². The molecule has 0 saturated carbocycles. The Bertz CT molecular complexity index is 637. The normalized spacial score (nSPS) is 17.8. The number of primary amides is 1. The lowest BCUT2D eigenvalue weighted by atomic mass is 9.85. The van der Waals surface area contributed by atoms with Crippen LogP contribution < -0.4 is 5.73 Å². The maximum absolute atomic E-state index is 12.7. The minimum Gasteiger partial charge on any atom is -0.442 e. The lowest BCUT2D eigenvalue weighted by Crippen LogP contribution is -2.62. The van der Waals surface area contributed by atoms with Gasteiger partial charge in [0.05, 0.1) is 0 Å². The molecule has 0 aromatic heterocycles. The highest BCUT2D eigenvalue weighted by atomic mass is 16.7. The van der Waals surface area contributed by atoms with Crippen LogP contribution in [0.3, 0.4) is 0 Å². The third kappa shape index (κ3) is 5.92. The fourth-order valence-corrected chi connectivity index (χ4v) is 2.85. The molecule has 1 heterocycles. The molecular formula is C19H28N2O6. The number of carbonyl (C=O) groups is 2. The largest absolute Gasteiger partial charge is 0.442 e. The second-order valence-corrected chi connectivity index (χ2v) is 7.59. The Labute approximate surface area is 159 Å². The van der Waals surface area contributed by atoms with E-state index in [0.29, 0.717) is 0 Å². The van der Waals surface area contributed by atoms with Crippen LogP contribution in [0.15, 0.2) is 30.3 Å². The first-order chi connectivity index (χ1) is 12.6. The van der Waals surface area contributed by atoms with Crippen molar-refractivity contribution in [1.29, 1.82) is 0 Å². The molecule has 27 heavy (non-hydrogen) atoms. The van der Waals surface area contributed by atoms with Crippen molar-refractivity contribution in [2.24, 2.45) is 5.73 Å². The second kappa shape index (κ2) is 8.69. The molecule has 8 nitrogen and oxygen atoms in total. The minimum atomic E-state index is -1.56. The molecule has 0 radical (unpaired) electrons. The van der Waals surface area contributed by atoms with Crippen molar-refractivity contribution in [1.82, 2.24) is 5.06 Å². The van der Waals surface area contributed by atoms with Gasteiger partial charge in [-0.1, -0.05) is 30.3 Å². The lowest BCUT2D eigenvalue weighted by Gasteiger charge is -2.41. The number of hydrogen-bond donors (Lipinski definition) is 2. The summed E-state index contributed by atoms with van der Waals surface area (Å²) in [5.41, 5.74) is 3.97. The van der Waals surface area contributed by atoms with Gasteiger partial charge in [0.2, 0.25) is 5.91 Å². The van der Waals surface area contributed by atoms with E-state index in [9.17, 15) is 14.7 Å². The zero-order valence-corrected chi connectivity index (χ0v) is 16.0. The number of benzene rings is 1. The van der Waals surface area contributed by atoms with Gasteiger partial charge < -0.3 is 20.3 Å². The summed E-state index contributed by atoms with van der Waals surface area (Å²) in [6.07, 6.45) is -0.592. The second-order valence-electron chi connectivity index (χ2n) is 7.59. The number of hydroxylamine groups is 2. The molecule has 1 aromatic carbocycles. The number of carbonyl (C=O) groups excluding carboxylic acids is 2. The van der Waals surface area contributed by atoms with Crippen molar-refractivity contribution >= 4 is 12.0 Å². The van der Waals surface area contributed by atoms with E-state index in [0.717, 1.165) is 10.6 Å². The highest BCUT2D eigenvalue weighted by Gasteiger charge is 2.49. The molecule has 0 aliphatic carbocycles. The number of rotatable bonds is 6. The molecule has 2 rings (SSSR count). The summed E-state index contributed by atoms with van der Waals surface area (Å²) in [5.74, 6) is -0.877. The van der Waals surface area contributed by atoms with Crippen LogP contribution >= 0.6 is 0 Å². The summed E-state index contributed by atoms with van der Waals surface area (Å²) in [7, 11) is 0. The Balaban J connectivity index is 2.29. The quantitative estimate of drug-likeness (QED) is 0.728. The van der Waals surface area contributed by atoms with Crippen LogP contribution in [0.5, 0.6) is 0 Å². The van der Waals surface area contributed by atoms with E-state index >= 15 is 0 Å². The molecule has 1 atom stereocenters. The van der Waals surface area contributed by atoms with E-state index in [-0.39, 0.29) is 32.7 Å².